The maximum Gasteiger partial charge on any atom is 0.169 e. The maximum absolute atomic E-state index is 2.28. The molecule has 84 valence electrons. The molecule has 0 fully saturated rings. The van der Waals surface area contributed by atoms with Gasteiger partial charge in [0.1, 0.15) is 6.54 Å². The average Bonchev–Trinajstić information content (AvgIpc) is 2.28. The summed E-state index contributed by atoms with van der Waals surface area (Å²) in [7, 11) is 0. The molecule has 0 N–H and O–H groups in total. The molecule has 1 nitrogen and oxygen atoms in total. The van der Waals surface area contributed by atoms with Gasteiger partial charge in [0.05, 0.1) is 0 Å². The molecule has 0 aliphatic rings. The number of aromatic nitrogens is 1. The summed E-state index contributed by atoms with van der Waals surface area (Å²) in [6, 6.07) is 4.54. The molecular weight excluding hydrogens is 182 g/mol. The van der Waals surface area contributed by atoms with E-state index in [1.807, 2.05) is 0 Å². The highest BCUT2D eigenvalue weighted by Gasteiger charge is 1.99. The van der Waals surface area contributed by atoms with Crippen molar-refractivity contribution < 1.29 is 4.57 Å². The molecule has 1 heteroatoms. The Labute approximate surface area is 94.1 Å². The standard InChI is InChI=1S/C14H24N/c1-3-5-7-8-14-9-12-15(13-10-14)11-6-4-2/h9-10,12-13H,3-8,11H2,1-2H3/q+1. The van der Waals surface area contributed by atoms with Gasteiger partial charge in [-0.25, -0.2) is 4.57 Å². The molecule has 0 radical (unpaired) electrons. The van der Waals surface area contributed by atoms with Crippen molar-refractivity contribution >= 4 is 0 Å². The molecule has 0 spiro atoms. The van der Waals surface area contributed by atoms with Gasteiger partial charge in [0.2, 0.25) is 0 Å². The minimum Gasteiger partial charge on any atom is -0.205 e. The van der Waals surface area contributed by atoms with E-state index in [0.29, 0.717) is 0 Å². The summed E-state index contributed by atoms with van der Waals surface area (Å²) >= 11 is 0. The zero-order valence-electron chi connectivity index (χ0n) is 10.2. The van der Waals surface area contributed by atoms with Crippen LogP contribution in [0.5, 0.6) is 0 Å². The molecule has 0 amide bonds. The molecule has 1 rings (SSSR count). The first-order valence-electron chi connectivity index (χ1n) is 6.34. The number of pyridine rings is 1. The van der Waals surface area contributed by atoms with E-state index in [1.165, 1.54) is 44.1 Å². The average molecular weight is 206 g/mol. The normalized spacial score (nSPS) is 10.5. The van der Waals surface area contributed by atoms with Gasteiger partial charge in [0, 0.05) is 18.6 Å². The second-order valence-corrected chi connectivity index (χ2v) is 4.25. The third kappa shape index (κ3) is 4.96. The Morgan fingerprint density at radius 2 is 1.60 bits per heavy atom. The maximum atomic E-state index is 2.28. The van der Waals surface area contributed by atoms with Crippen LogP contribution in [0.15, 0.2) is 24.5 Å². The van der Waals surface area contributed by atoms with Crippen LogP contribution in [0, 0.1) is 0 Å². The molecule has 0 bridgehead atoms. The summed E-state index contributed by atoms with van der Waals surface area (Å²) in [5.41, 5.74) is 1.48. The third-order valence-electron chi connectivity index (χ3n) is 2.80. The minimum absolute atomic E-state index is 1.16. The van der Waals surface area contributed by atoms with Crippen LogP contribution in [0.1, 0.15) is 51.5 Å². The molecule has 0 saturated carbocycles. The van der Waals surface area contributed by atoms with Gasteiger partial charge in [-0.05, 0) is 18.4 Å². The van der Waals surface area contributed by atoms with Gasteiger partial charge in [-0.2, -0.15) is 0 Å². The smallest absolute Gasteiger partial charge is 0.169 e. The lowest BCUT2D eigenvalue weighted by atomic mass is 10.1. The van der Waals surface area contributed by atoms with Crippen molar-refractivity contribution in [3.05, 3.63) is 30.1 Å². The lowest BCUT2D eigenvalue weighted by Gasteiger charge is -2.00. The molecule has 0 unspecified atom stereocenters. The van der Waals surface area contributed by atoms with E-state index in [-0.39, 0.29) is 0 Å². The Morgan fingerprint density at radius 1 is 0.933 bits per heavy atom. The van der Waals surface area contributed by atoms with E-state index in [0.717, 1.165) is 6.54 Å². The lowest BCUT2D eigenvalue weighted by Crippen LogP contribution is -2.32. The minimum atomic E-state index is 1.16. The van der Waals surface area contributed by atoms with Crippen molar-refractivity contribution in [3.8, 4) is 0 Å². The van der Waals surface area contributed by atoms with Crippen LogP contribution in [0.2, 0.25) is 0 Å². The predicted octanol–water partition coefficient (Wildman–Crippen LogP) is 3.51. The molecule has 0 atom stereocenters. The molecular formula is C14H24N+. The lowest BCUT2D eigenvalue weighted by molar-refractivity contribution is -0.697. The van der Waals surface area contributed by atoms with E-state index in [9.17, 15) is 0 Å². The van der Waals surface area contributed by atoms with Crippen LogP contribution in [0.3, 0.4) is 0 Å². The molecule has 0 aromatic carbocycles. The topological polar surface area (TPSA) is 3.88 Å². The van der Waals surface area contributed by atoms with Gasteiger partial charge in [-0.3, -0.25) is 0 Å². The van der Waals surface area contributed by atoms with Crippen LogP contribution in [-0.4, -0.2) is 0 Å². The fourth-order valence-electron chi connectivity index (χ4n) is 1.72. The number of hydrogen-bond acceptors (Lipinski definition) is 0. The fraction of sp³-hybridized carbons (Fsp3) is 0.643. The summed E-state index contributed by atoms with van der Waals surface area (Å²) in [5.74, 6) is 0. The quantitative estimate of drug-likeness (QED) is 0.475. The number of rotatable bonds is 7. The first-order valence-corrected chi connectivity index (χ1v) is 6.34. The second kappa shape index (κ2) is 7.44. The number of hydrogen-bond donors (Lipinski definition) is 0. The summed E-state index contributed by atoms with van der Waals surface area (Å²) in [4.78, 5) is 0. The molecule has 15 heavy (non-hydrogen) atoms. The van der Waals surface area contributed by atoms with Gasteiger partial charge in [-0.15, -0.1) is 0 Å². The summed E-state index contributed by atoms with van der Waals surface area (Å²) in [6.07, 6.45) is 12.2. The SMILES string of the molecule is CCCCCc1cc[n+](CCCC)cc1. The van der Waals surface area contributed by atoms with Crippen LogP contribution >= 0.6 is 0 Å². The fourth-order valence-corrected chi connectivity index (χ4v) is 1.72. The van der Waals surface area contributed by atoms with Gasteiger partial charge >= 0.3 is 0 Å². The number of unbranched alkanes of at least 4 members (excludes halogenated alkanes) is 3. The molecule has 0 saturated heterocycles. The van der Waals surface area contributed by atoms with E-state index in [4.69, 9.17) is 0 Å². The highest BCUT2D eigenvalue weighted by Crippen LogP contribution is 2.04. The Morgan fingerprint density at radius 3 is 2.20 bits per heavy atom. The van der Waals surface area contributed by atoms with Crippen LogP contribution < -0.4 is 4.57 Å². The predicted molar refractivity (Wildman–Crippen MR) is 64.8 cm³/mol. The first kappa shape index (κ1) is 12.2. The van der Waals surface area contributed by atoms with Gasteiger partial charge < -0.3 is 0 Å². The molecule has 1 aromatic heterocycles. The van der Waals surface area contributed by atoms with Crippen molar-refractivity contribution in [2.45, 2.75) is 58.9 Å². The Hall–Kier alpha value is -0.850. The Kier molecular flexibility index (Phi) is 6.06. The monoisotopic (exact) mass is 206 g/mol. The second-order valence-electron chi connectivity index (χ2n) is 4.25. The van der Waals surface area contributed by atoms with Crippen molar-refractivity contribution in [2.75, 3.05) is 0 Å². The van der Waals surface area contributed by atoms with Crippen molar-refractivity contribution in [3.63, 3.8) is 0 Å². The van der Waals surface area contributed by atoms with E-state index < -0.39 is 0 Å². The number of nitrogens with zero attached hydrogens (tertiary/aromatic N) is 1. The largest absolute Gasteiger partial charge is 0.205 e. The van der Waals surface area contributed by atoms with Crippen molar-refractivity contribution in [1.29, 1.82) is 0 Å². The van der Waals surface area contributed by atoms with Gasteiger partial charge in [0.25, 0.3) is 0 Å². The molecule has 1 aromatic rings. The van der Waals surface area contributed by atoms with Gasteiger partial charge in [-0.1, -0.05) is 33.1 Å². The van der Waals surface area contributed by atoms with Crippen LogP contribution in [0.25, 0.3) is 0 Å². The van der Waals surface area contributed by atoms with Crippen molar-refractivity contribution in [2.24, 2.45) is 0 Å². The molecule has 0 aliphatic heterocycles. The Bertz CT molecular complexity index is 251. The van der Waals surface area contributed by atoms with E-state index in [2.05, 4.69) is 42.9 Å². The summed E-state index contributed by atoms with van der Waals surface area (Å²) in [5, 5.41) is 0. The molecule has 0 aliphatic carbocycles. The zero-order valence-corrected chi connectivity index (χ0v) is 10.2. The van der Waals surface area contributed by atoms with Gasteiger partial charge in [0.15, 0.2) is 12.4 Å². The highest BCUT2D eigenvalue weighted by atomic mass is 14.9. The van der Waals surface area contributed by atoms with E-state index in [1.54, 1.807) is 0 Å². The van der Waals surface area contributed by atoms with E-state index >= 15 is 0 Å². The van der Waals surface area contributed by atoms with Crippen LogP contribution in [0.4, 0.5) is 0 Å². The zero-order chi connectivity index (χ0) is 10.9. The van der Waals surface area contributed by atoms with Crippen LogP contribution in [-0.2, 0) is 13.0 Å². The summed E-state index contributed by atoms with van der Waals surface area (Å²) < 4.78 is 2.28. The molecule has 1 heterocycles. The first-order chi connectivity index (χ1) is 7.36. The van der Waals surface area contributed by atoms with Crippen molar-refractivity contribution in [1.82, 2.24) is 0 Å². The highest BCUT2D eigenvalue weighted by molar-refractivity contribution is 5.07. The Balaban J connectivity index is 2.35. The third-order valence-corrected chi connectivity index (χ3v) is 2.80. The number of aryl methyl sites for hydroxylation is 2. The summed E-state index contributed by atoms with van der Waals surface area (Å²) in [6.45, 7) is 5.65.